The molecular formula is C16H17N3O. The third-order valence-electron chi connectivity index (χ3n) is 3.28. The fraction of sp³-hybridized carbons (Fsp3) is 0.188. The largest absolute Gasteiger partial charge is 0.483 e. The highest BCUT2D eigenvalue weighted by Crippen LogP contribution is 2.30. The summed E-state index contributed by atoms with van der Waals surface area (Å²) < 4.78 is 5.68. The molecule has 1 heterocycles. The van der Waals surface area contributed by atoms with Crippen LogP contribution in [0.25, 0.3) is 0 Å². The Morgan fingerprint density at radius 1 is 1.20 bits per heavy atom. The van der Waals surface area contributed by atoms with E-state index >= 15 is 0 Å². The molecule has 4 heteroatoms. The molecule has 2 aromatic carbocycles. The number of ether oxygens (including phenoxy) is 1. The molecule has 1 unspecified atom stereocenters. The normalized spacial score (nSPS) is 16.9. The topological polar surface area (TPSA) is 59.6 Å². The van der Waals surface area contributed by atoms with Crippen molar-refractivity contribution in [1.29, 1.82) is 0 Å². The first kappa shape index (κ1) is 12.5. The van der Waals surface area contributed by atoms with Gasteiger partial charge in [-0.2, -0.15) is 0 Å². The van der Waals surface area contributed by atoms with Gasteiger partial charge in [-0.15, -0.1) is 0 Å². The van der Waals surface area contributed by atoms with Crippen LogP contribution in [0.3, 0.4) is 0 Å². The average Bonchev–Trinajstić information content (AvgIpc) is 2.48. The number of nitrogen functional groups attached to an aromatic ring is 1. The molecule has 0 fully saturated rings. The maximum Gasteiger partial charge on any atom is 0.146 e. The van der Waals surface area contributed by atoms with Gasteiger partial charge in [0, 0.05) is 11.8 Å². The van der Waals surface area contributed by atoms with Gasteiger partial charge in [-0.3, -0.25) is 4.99 Å². The molecule has 4 nitrogen and oxygen atoms in total. The Morgan fingerprint density at radius 3 is 2.80 bits per heavy atom. The minimum Gasteiger partial charge on any atom is -0.483 e. The van der Waals surface area contributed by atoms with E-state index in [1.54, 1.807) is 0 Å². The number of amidine groups is 1. The van der Waals surface area contributed by atoms with Crippen LogP contribution in [0.1, 0.15) is 18.5 Å². The van der Waals surface area contributed by atoms with E-state index < -0.39 is 0 Å². The molecule has 0 saturated carbocycles. The van der Waals surface area contributed by atoms with Crippen LogP contribution in [-0.2, 0) is 0 Å². The van der Waals surface area contributed by atoms with Crippen molar-refractivity contribution in [1.82, 2.24) is 0 Å². The second-order valence-electron chi connectivity index (χ2n) is 4.83. The third-order valence-corrected chi connectivity index (χ3v) is 3.28. The maximum atomic E-state index is 5.74. The van der Waals surface area contributed by atoms with Crippen LogP contribution in [0.15, 0.2) is 53.5 Å². The lowest BCUT2D eigenvalue weighted by molar-refractivity contribution is 0.371. The van der Waals surface area contributed by atoms with Gasteiger partial charge >= 0.3 is 0 Å². The van der Waals surface area contributed by atoms with Crippen LogP contribution in [0, 0.1) is 0 Å². The van der Waals surface area contributed by atoms with Gasteiger partial charge in [-0.1, -0.05) is 30.3 Å². The first-order valence-corrected chi connectivity index (χ1v) is 6.63. The number of aliphatic imine (C=N–C) groups is 1. The molecule has 0 radical (unpaired) electrons. The Hall–Kier alpha value is -2.49. The Morgan fingerprint density at radius 2 is 2.00 bits per heavy atom. The molecule has 0 saturated heterocycles. The zero-order chi connectivity index (χ0) is 13.9. The predicted molar refractivity (Wildman–Crippen MR) is 82.3 cm³/mol. The van der Waals surface area contributed by atoms with E-state index in [1.807, 2.05) is 36.4 Å². The number of rotatable bonds is 2. The van der Waals surface area contributed by atoms with Crippen molar-refractivity contribution in [3.63, 3.8) is 0 Å². The van der Waals surface area contributed by atoms with Crippen molar-refractivity contribution in [2.45, 2.75) is 13.0 Å². The third kappa shape index (κ3) is 2.59. The number of hydrogen-bond donors (Lipinski definition) is 2. The summed E-state index contributed by atoms with van der Waals surface area (Å²) in [4.78, 5) is 4.68. The van der Waals surface area contributed by atoms with Gasteiger partial charge < -0.3 is 15.8 Å². The summed E-state index contributed by atoms with van der Waals surface area (Å²) in [6.45, 7) is 2.51. The minimum absolute atomic E-state index is 0.0950. The van der Waals surface area contributed by atoms with Crippen LogP contribution in [0.4, 0.5) is 11.4 Å². The molecule has 20 heavy (non-hydrogen) atoms. The summed E-state index contributed by atoms with van der Waals surface area (Å²) in [5.41, 5.74) is 8.52. The van der Waals surface area contributed by atoms with E-state index in [0.29, 0.717) is 12.3 Å². The Labute approximate surface area is 118 Å². The Kier molecular flexibility index (Phi) is 3.29. The summed E-state index contributed by atoms with van der Waals surface area (Å²) in [6, 6.07) is 15.9. The number of anilines is 2. The van der Waals surface area contributed by atoms with Crippen molar-refractivity contribution in [2.75, 3.05) is 17.7 Å². The van der Waals surface area contributed by atoms with E-state index in [9.17, 15) is 0 Å². The summed E-state index contributed by atoms with van der Waals surface area (Å²) in [6.07, 6.45) is 0. The first-order valence-electron chi connectivity index (χ1n) is 6.63. The summed E-state index contributed by atoms with van der Waals surface area (Å²) in [7, 11) is 0. The van der Waals surface area contributed by atoms with E-state index in [4.69, 9.17) is 10.5 Å². The summed E-state index contributed by atoms with van der Waals surface area (Å²) in [5.74, 6) is 1.61. The summed E-state index contributed by atoms with van der Waals surface area (Å²) >= 11 is 0. The SMILES string of the molecule is CC(N=C1COc2cc(N)ccc2N1)c1ccccc1. The van der Waals surface area contributed by atoms with Crippen molar-refractivity contribution in [3.8, 4) is 5.75 Å². The monoisotopic (exact) mass is 267 g/mol. The second-order valence-corrected chi connectivity index (χ2v) is 4.83. The molecule has 1 atom stereocenters. The fourth-order valence-electron chi connectivity index (χ4n) is 2.21. The zero-order valence-electron chi connectivity index (χ0n) is 11.3. The first-order chi connectivity index (χ1) is 9.72. The fourth-order valence-corrected chi connectivity index (χ4v) is 2.21. The van der Waals surface area contributed by atoms with E-state index in [1.165, 1.54) is 5.56 Å². The zero-order valence-corrected chi connectivity index (χ0v) is 11.3. The number of nitrogens with two attached hydrogens (primary N) is 1. The standard InChI is InChI=1S/C16H17N3O/c1-11(12-5-3-2-4-6-12)18-16-10-20-15-9-13(17)7-8-14(15)19-16/h2-9,11H,10,17H2,1H3,(H,18,19). The van der Waals surface area contributed by atoms with Crippen molar-refractivity contribution >= 4 is 17.2 Å². The van der Waals surface area contributed by atoms with Crippen LogP contribution < -0.4 is 15.8 Å². The Balaban J connectivity index is 1.80. The molecule has 3 rings (SSSR count). The van der Waals surface area contributed by atoms with E-state index in [0.717, 1.165) is 17.3 Å². The van der Waals surface area contributed by atoms with Gasteiger partial charge in [-0.25, -0.2) is 0 Å². The molecule has 0 aromatic heterocycles. The lowest BCUT2D eigenvalue weighted by Crippen LogP contribution is -2.26. The number of nitrogens with one attached hydrogen (secondary N) is 1. The van der Waals surface area contributed by atoms with Crippen LogP contribution in [-0.4, -0.2) is 12.4 Å². The molecule has 2 aromatic rings. The molecule has 0 amide bonds. The van der Waals surface area contributed by atoms with E-state index in [-0.39, 0.29) is 6.04 Å². The Bertz CT molecular complexity index is 637. The van der Waals surface area contributed by atoms with Crippen LogP contribution >= 0.6 is 0 Å². The lowest BCUT2D eigenvalue weighted by atomic mass is 10.1. The second kappa shape index (κ2) is 5.25. The number of hydrogen-bond acceptors (Lipinski definition) is 3. The van der Waals surface area contributed by atoms with Crippen molar-refractivity contribution in [3.05, 3.63) is 54.1 Å². The maximum absolute atomic E-state index is 5.74. The molecule has 0 spiro atoms. The molecule has 1 aliphatic rings. The van der Waals surface area contributed by atoms with E-state index in [2.05, 4.69) is 29.4 Å². The highest BCUT2D eigenvalue weighted by atomic mass is 16.5. The van der Waals surface area contributed by atoms with Crippen molar-refractivity contribution < 1.29 is 4.74 Å². The molecule has 102 valence electrons. The van der Waals surface area contributed by atoms with Crippen LogP contribution in [0.2, 0.25) is 0 Å². The highest BCUT2D eigenvalue weighted by molar-refractivity contribution is 5.99. The van der Waals surface area contributed by atoms with Gasteiger partial charge in [0.1, 0.15) is 18.2 Å². The summed E-state index contributed by atoms with van der Waals surface area (Å²) in [5, 5.41) is 3.29. The molecule has 3 N–H and O–H groups in total. The van der Waals surface area contributed by atoms with Gasteiger partial charge in [0.05, 0.1) is 11.7 Å². The molecule has 0 bridgehead atoms. The average molecular weight is 267 g/mol. The predicted octanol–water partition coefficient (Wildman–Crippen LogP) is 3.23. The molecule has 1 aliphatic heterocycles. The quantitative estimate of drug-likeness (QED) is 0.821. The van der Waals surface area contributed by atoms with Gasteiger partial charge in [0.15, 0.2) is 0 Å². The molecular weight excluding hydrogens is 250 g/mol. The van der Waals surface area contributed by atoms with Crippen LogP contribution in [0.5, 0.6) is 5.75 Å². The number of fused-ring (bicyclic) bond motifs is 1. The lowest BCUT2D eigenvalue weighted by Gasteiger charge is -2.22. The van der Waals surface area contributed by atoms with Gasteiger partial charge in [0.2, 0.25) is 0 Å². The van der Waals surface area contributed by atoms with Gasteiger partial charge in [0.25, 0.3) is 0 Å². The van der Waals surface area contributed by atoms with Crippen molar-refractivity contribution in [2.24, 2.45) is 4.99 Å². The minimum atomic E-state index is 0.0950. The number of benzene rings is 2. The molecule has 0 aliphatic carbocycles. The highest BCUT2D eigenvalue weighted by Gasteiger charge is 2.15. The number of nitrogens with zero attached hydrogens (tertiary/aromatic N) is 1. The van der Waals surface area contributed by atoms with Gasteiger partial charge in [-0.05, 0) is 24.6 Å². The smallest absolute Gasteiger partial charge is 0.146 e.